The molecule has 6 aromatic rings. The summed E-state index contributed by atoms with van der Waals surface area (Å²) in [5.74, 6) is 1.87. The van der Waals surface area contributed by atoms with E-state index in [1.165, 1.54) is 22.7 Å². The Morgan fingerprint density at radius 3 is 1.36 bits per heavy atom. The minimum Gasteiger partial charge on any atom is -0.457 e. The Labute approximate surface area is 249 Å². The second-order valence-corrected chi connectivity index (χ2v) is 10.6. The van der Waals surface area contributed by atoms with Crippen molar-refractivity contribution in [2.75, 3.05) is 10.6 Å². The zero-order valence-electron chi connectivity index (χ0n) is 21.9. The summed E-state index contributed by atoms with van der Waals surface area (Å²) in [5, 5.41) is 10.1. The van der Waals surface area contributed by atoms with Gasteiger partial charge in [-0.05, 0) is 60.7 Å². The molecule has 42 heavy (non-hydrogen) atoms. The first-order valence-electron chi connectivity index (χ1n) is 12.8. The van der Waals surface area contributed by atoms with Gasteiger partial charge >= 0.3 is 0 Å². The molecule has 0 aliphatic rings. The van der Waals surface area contributed by atoms with Gasteiger partial charge in [0.05, 0.1) is 0 Å². The van der Waals surface area contributed by atoms with E-state index in [1.807, 2.05) is 60.7 Å². The van der Waals surface area contributed by atoms with Gasteiger partial charge in [-0.15, -0.1) is 22.7 Å². The molecule has 0 aliphatic carbocycles. The second-order valence-electron chi connectivity index (χ2n) is 8.87. The Kier molecular flexibility index (Phi) is 7.98. The van der Waals surface area contributed by atoms with Crippen LogP contribution in [-0.2, 0) is 0 Å². The highest BCUT2D eigenvalue weighted by atomic mass is 32.1. The molecular formula is C32H22N4O4S2. The highest BCUT2D eigenvalue weighted by molar-refractivity contribution is 7.15. The van der Waals surface area contributed by atoms with Crippen LogP contribution in [-0.4, -0.2) is 21.8 Å². The molecule has 0 saturated carbocycles. The van der Waals surface area contributed by atoms with Crippen LogP contribution in [0.15, 0.2) is 120 Å². The summed E-state index contributed by atoms with van der Waals surface area (Å²) in [6.45, 7) is 0. The van der Waals surface area contributed by atoms with Crippen LogP contribution in [0.3, 0.4) is 0 Å². The number of carbonyl (C=O) groups excluding carboxylic acids is 2. The number of amides is 2. The summed E-state index contributed by atoms with van der Waals surface area (Å²) in [7, 11) is 0. The van der Waals surface area contributed by atoms with Gasteiger partial charge in [-0.25, -0.2) is 9.97 Å². The van der Waals surface area contributed by atoms with E-state index in [9.17, 15) is 9.59 Å². The van der Waals surface area contributed by atoms with E-state index in [4.69, 9.17) is 9.47 Å². The predicted molar refractivity (Wildman–Crippen MR) is 165 cm³/mol. The third-order valence-corrected chi connectivity index (χ3v) is 7.38. The van der Waals surface area contributed by atoms with Gasteiger partial charge < -0.3 is 9.47 Å². The van der Waals surface area contributed by atoms with Crippen LogP contribution < -0.4 is 20.1 Å². The van der Waals surface area contributed by atoms with Crippen molar-refractivity contribution in [3.05, 3.63) is 131 Å². The minimum atomic E-state index is -0.306. The lowest BCUT2D eigenvalue weighted by molar-refractivity contribution is 0.101. The van der Waals surface area contributed by atoms with E-state index in [0.29, 0.717) is 55.8 Å². The standard InChI is InChI=1S/C32H22N4O4S2/c37-29(21-9-7-15-25(17-21)39-23-11-3-1-4-12-23)35-31-33-27(19-41-31)28-20-42-32(34-28)36-30(38)22-10-8-16-26(18-22)40-24-13-5-2-6-14-24/h1-20H,(H,33,35,37)(H,34,36,38). The number of rotatable bonds is 9. The molecule has 206 valence electrons. The van der Waals surface area contributed by atoms with Crippen LogP contribution in [0.25, 0.3) is 11.4 Å². The van der Waals surface area contributed by atoms with Crippen molar-refractivity contribution in [3.8, 4) is 34.4 Å². The molecule has 0 bridgehead atoms. The molecule has 0 atom stereocenters. The fraction of sp³-hybridized carbons (Fsp3) is 0. The van der Waals surface area contributed by atoms with Crippen molar-refractivity contribution in [2.45, 2.75) is 0 Å². The van der Waals surface area contributed by atoms with Crippen molar-refractivity contribution in [1.29, 1.82) is 0 Å². The lowest BCUT2D eigenvalue weighted by Gasteiger charge is -2.07. The topological polar surface area (TPSA) is 102 Å². The summed E-state index contributed by atoms with van der Waals surface area (Å²) in [6, 6.07) is 32.6. The lowest BCUT2D eigenvalue weighted by Crippen LogP contribution is -2.11. The second kappa shape index (κ2) is 12.5. The first kappa shape index (κ1) is 26.9. The number of para-hydroxylation sites is 2. The third-order valence-electron chi connectivity index (χ3n) is 5.86. The average Bonchev–Trinajstić information content (AvgIpc) is 3.68. The Morgan fingerprint density at radius 1 is 0.524 bits per heavy atom. The van der Waals surface area contributed by atoms with Crippen LogP contribution in [0.4, 0.5) is 10.3 Å². The maximum atomic E-state index is 12.9. The molecule has 2 N–H and O–H groups in total. The molecule has 2 amide bonds. The van der Waals surface area contributed by atoms with Gasteiger partial charge in [0.15, 0.2) is 10.3 Å². The zero-order valence-corrected chi connectivity index (χ0v) is 23.5. The lowest BCUT2D eigenvalue weighted by atomic mass is 10.2. The molecule has 4 aromatic carbocycles. The van der Waals surface area contributed by atoms with E-state index in [2.05, 4.69) is 20.6 Å². The molecule has 0 unspecified atom stereocenters. The van der Waals surface area contributed by atoms with Gasteiger partial charge in [0.25, 0.3) is 11.8 Å². The number of aromatic nitrogens is 2. The van der Waals surface area contributed by atoms with E-state index in [1.54, 1.807) is 59.3 Å². The first-order chi connectivity index (χ1) is 20.6. The molecule has 0 spiro atoms. The molecular weight excluding hydrogens is 569 g/mol. The van der Waals surface area contributed by atoms with Crippen molar-refractivity contribution in [1.82, 2.24) is 9.97 Å². The average molecular weight is 591 g/mol. The van der Waals surface area contributed by atoms with Crippen LogP contribution in [0.2, 0.25) is 0 Å². The Morgan fingerprint density at radius 2 is 0.929 bits per heavy atom. The Balaban J connectivity index is 1.07. The molecule has 2 heterocycles. The van der Waals surface area contributed by atoms with Gasteiger partial charge in [-0.3, -0.25) is 20.2 Å². The number of nitrogens with zero attached hydrogens (tertiary/aromatic N) is 2. The Hall–Kier alpha value is -5.32. The molecule has 10 heteroatoms. The maximum Gasteiger partial charge on any atom is 0.257 e. The van der Waals surface area contributed by atoms with Gasteiger partial charge in [0, 0.05) is 21.9 Å². The summed E-state index contributed by atoms with van der Waals surface area (Å²) < 4.78 is 11.7. The summed E-state index contributed by atoms with van der Waals surface area (Å²) in [5.41, 5.74) is 2.06. The first-order valence-corrected chi connectivity index (χ1v) is 14.5. The van der Waals surface area contributed by atoms with Gasteiger partial charge in [-0.2, -0.15) is 0 Å². The molecule has 0 fully saturated rings. The third kappa shape index (κ3) is 6.69. The Bertz CT molecular complexity index is 1700. The largest absolute Gasteiger partial charge is 0.457 e. The van der Waals surface area contributed by atoms with E-state index < -0.39 is 0 Å². The van der Waals surface area contributed by atoms with Crippen LogP contribution >= 0.6 is 22.7 Å². The maximum absolute atomic E-state index is 12.9. The number of benzene rings is 4. The fourth-order valence-corrected chi connectivity index (χ4v) is 5.29. The number of nitrogens with one attached hydrogen (secondary N) is 2. The van der Waals surface area contributed by atoms with Crippen LogP contribution in [0.1, 0.15) is 20.7 Å². The SMILES string of the molecule is O=C(Nc1nc(-c2csc(NC(=O)c3cccc(Oc4ccccc4)c3)n2)cs1)c1cccc(Oc2ccccc2)c1. The molecule has 0 radical (unpaired) electrons. The quantitative estimate of drug-likeness (QED) is 0.175. The van der Waals surface area contributed by atoms with E-state index in [-0.39, 0.29) is 11.8 Å². The minimum absolute atomic E-state index is 0.306. The molecule has 0 aliphatic heterocycles. The monoisotopic (exact) mass is 590 g/mol. The predicted octanol–water partition coefficient (Wildman–Crippen LogP) is 8.36. The van der Waals surface area contributed by atoms with Crippen molar-refractivity contribution >= 4 is 44.8 Å². The number of anilines is 2. The van der Waals surface area contributed by atoms with Gasteiger partial charge in [-0.1, -0.05) is 48.5 Å². The van der Waals surface area contributed by atoms with Crippen LogP contribution in [0, 0.1) is 0 Å². The summed E-state index contributed by atoms with van der Waals surface area (Å²) >= 11 is 2.57. The number of thiazole rings is 2. The molecule has 6 rings (SSSR count). The fourth-order valence-electron chi connectivity index (χ4n) is 3.89. The van der Waals surface area contributed by atoms with Gasteiger partial charge in [0.1, 0.15) is 34.4 Å². The number of carbonyl (C=O) groups is 2. The normalized spacial score (nSPS) is 10.6. The highest BCUT2D eigenvalue weighted by Gasteiger charge is 2.15. The number of ether oxygens (including phenoxy) is 2. The van der Waals surface area contributed by atoms with E-state index >= 15 is 0 Å². The smallest absolute Gasteiger partial charge is 0.257 e. The summed E-state index contributed by atoms with van der Waals surface area (Å²) in [6.07, 6.45) is 0. The molecule has 0 saturated heterocycles. The number of hydrogen-bond acceptors (Lipinski definition) is 8. The van der Waals surface area contributed by atoms with Crippen LogP contribution in [0.5, 0.6) is 23.0 Å². The summed E-state index contributed by atoms with van der Waals surface area (Å²) in [4.78, 5) is 34.8. The molecule has 8 nitrogen and oxygen atoms in total. The molecule has 2 aromatic heterocycles. The highest BCUT2D eigenvalue weighted by Crippen LogP contribution is 2.29. The van der Waals surface area contributed by atoms with E-state index in [0.717, 1.165) is 0 Å². The van der Waals surface area contributed by atoms with Crippen molar-refractivity contribution < 1.29 is 19.1 Å². The number of hydrogen-bond donors (Lipinski definition) is 2. The van der Waals surface area contributed by atoms with Crippen molar-refractivity contribution in [3.63, 3.8) is 0 Å². The van der Waals surface area contributed by atoms with Gasteiger partial charge in [0.2, 0.25) is 0 Å². The zero-order chi connectivity index (χ0) is 28.7. The van der Waals surface area contributed by atoms with Crippen molar-refractivity contribution in [2.24, 2.45) is 0 Å².